The van der Waals surface area contributed by atoms with E-state index >= 15 is 0 Å². The van der Waals surface area contributed by atoms with Crippen LogP contribution in [0.1, 0.15) is 46.0 Å². The maximum absolute atomic E-state index is 12.5. The Balaban J connectivity index is 1.48. The number of nitrogens with zero attached hydrogens (tertiary/aromatic N) is 3. The molecule has 0 aromatic rings. The lowest BCUT2D eigenvalue weighted by molar-refractivity contribution is -0.134. The van der Waals surface area contributed by atoms with Crippen LogP contribution in [0.15, 0.2) is 0 Å². The number of hydrogen-bond donors (Lipinski definition) is 0. The Hall–Kier alpha value is -1.08. The van der Waals surface area contributed by atoms with Crippen LogP contribution in [0.5, 0.6) is 0 Å². The van der Waals surface area contributed by atoms with E-state index in [0.717, 1.165) is 44.4 Å². The van der Waals surface area contributed by atoms with Crippen LogP contribution in [0.3, 0.4) is 0 Å². The van der Waals surface area contributed by atoms with Crippen LogP contribution in [0, 0.1) is 29.1 Å². The summed E-state index contributed by atoms with van der Waals surface area (Å²) in [5.41, 5.74) is -0.417. The Bertz CT molecular complexity index is 445. The molecule has 3 rings (SSSR count). The Morgan fingerprint density at radius 2 is 1.90 bits per heavy atom. The molecule has 4 heteroatoms. The molecule has 1 amide bonds. The van der Waals surface area contributed by atoms with Gasteiger partial charge in [0, 0.05) is 32.6 Å². The van der Waals surface area contributed by atoms with E-state index in [4.69, 9.17) is 0 Å². The molecular weight excluding hydrogens is 262 g/mol. The highest BCUT2D eigenvalue weighted by Crippen LogP contribution is 2.49. The first-order chi connectivity index (χ1) is 9.99. The number of rotatable bonds is 3. The van der Waals surface area contributed by atoms with Crippen molar-refractivity contribution < 1.29 is 4.79 Å². The molecule has 2 aliphatic carbocycles. The zero-order valence-corrected chi connectivity index (χ0v) is 13.3. The molecule has 1 aliphatic heterocycles. The third kappa shape index (κ3) is 2.94. The summed E-state index contributed by atoms with van der Waals surface area (Å²) in [6.45, 7) is 7.13. The van der Waals surface area contributed by atoms with Crippen molar-refractivity contribution in [3.05, 3.63) is 0 Å². The maximum atomic E-state index is 12.5. The van der Waals surface area contributed by atoms with Crippen molar-refractivity contribution in [3.63, 3.8) is 0 Å². The number of carbonyl (C=O) groups excluding carboxylic acids is 1. The van der Waals surface area contributed by atoms with Gasteiger partial charge in [-0.1, -0.05) is 6.42 Å². The van der Waals surface area contributed by atoms with Gasteiger partial charge in [0.1, 0.15) is 5.54 Å². The normalized spacial score (nSPS) is 33.2. The quantitative estimate of drug-likeness (QED) is 0.800. The van der Waals surface area contributed by atoms with Gasteiger partial charge in [0.15, 0.2) is 0 Å². The summed E-state index contributed by atoms with van der Waals surface area (Å²) in [6.07, 6.45) is 6.19. The molecule has 21 heavy (non-hydrogen) atoms. The SMILES string of the molecule is CC(C)(C#N)N1CCN(C(=O)CC2CC3CCC2C3)CC1. The van der Waals surface area contributed by atoms with Gasteiger partial charge in [-0.2, -0.15) is 5.26 Å². The van der Waals surface area contributed by atoms with Crippen molar-refractivity contribution in [1.29, 1.82) is 5.26 Å². The Labute approximate surface area is 128 Å². The second-order valence-corrected chi connectivity index (χ2v) is 7.68. The molecule has 2 bridgehead atoms. The largest absolute Gasteiger partial charge is 0.340 e. The summed E-state index contributed by atoms with van der Waals surface area (Å²) in [4.78, 5) is 16.7. The fourth-order valence-corrected chi connectivity index (χ4v) is 4.57. The van der Waals surface area contributed by atoms with Gasteiger partial charge >= 0.3 is 0 Å². The molecule has 1 saturated heterocycles. The number of hydrogen-bond acceptors (Lipinski definition) is 3. The number of piperazine rings is 1. The molecule has 3 atom stereocenters. The van der Waals surface area contributed by atoms with Gasteiger partial charge in [-0.25, -0.2) is 0 Å². The lowest BCUT2D eigenvalue weighted by Gasteiger charge is -2.40. The highest BCUT2D eigenvalue weighted by atomic mass is 16.2. The Morgan fingerprint density at radius 1 is 1.19 bits per heavy atom. The van der Waals surface area contributed by atoms with Crippen molar-refractivity contribution in [2.75, 3.05) is 26.2 Å². The van der Waals surface area contributed by atoms with Gasteiger partial charge in [-0.05, 0) is 50.9 Å². The monoisotopic (exact) mass is 289 g/mol. The molecule has 116 valence electrons. The average molecular weight is 289 g/mol. The van der Waals surface area contributed by atoms with Gasteiger partial charge < -0.3 is 4.90 Å². The molecule has 2 saturated carbocycles. The predicted molar refractivity (Wildman–Crippen MR) is 81.4 cm³/mol. The van der Waals surface area contributed by atoms with E-state index in [0.29, 0.717) is 11.8 Å². The minimum Gasteiger partial charge on any atom is -0.340 e. The van der Waals surface area contributed by atoms with E-state index < -0.39 is 5.54 Å². The summed E-state index contributed by atoms with van der Waals surface area (Å²) >= 11 is 0. The first kappa shape index (κ1) is 14.8. The van der Waals surface area contributed by atoms with Crippen molar-refractivity contribution in [2.24, 2.45) is 17.8 Å². The molecule has 0 spiro atoms. The third-order valence-electron chi connectivity index (χ3n) is 6.02. The lowest BCUT2D eigenvalue weighted by atomic mass is 9.86. The number of nitriles is 1. The average Bonchev–Trinajstić information content (AvgIpc) is 3.10. The number of carbonyl (C=O) groups is 1. The molecule has 3 fully saturated rings. The molecular formula is C17H27N3O. The summed E-state index contributed by atoms with van der Waals surface area (Å²) in [5, 5.41) is 9.20. The van der Waals surface area contributed by atoms with Crippen LogP contribution in [-0.2, 0) is 4.79 Å². The summed E-state index contributed by atoms with van der Waals surface area (Å²) in [7, 11) is 0. The molecule has 0 N–H and O–H groups in total. The number of amides is 1. The Kier molecular flexibility index (Phi) is 3.96. The lowest BCUT2D eigenvalue weighted by Crippen LogP contribution is -2.55. The molecule has 3 aliphatic rings. The molecule has 1 heterocycles. The highest BCUT2D eigenvalue weighted by Gasteiger charge is 2.41. The first-order valence-corrected chi connectivity index (χ1v) is 8.43. The smallest absolute Gasteiger partial charge is 0.222 e. The van der Waals surface area contributed by atoms with Gasteiger partial charge in [-0.15, -0.1) is 0 Å². The predicted octanol–water partition coefficient (Wildman–Crippen LogP) is 2.26. The van der Waals surface area contributed by atoms with Crippen LogP contribution < -0.4 is 0 Å². The maximum Gasteiger partial charge on any atom is 0.222 e. The zero-order valence-electron chi connectivity index (χ0n) is 13.3. The van der Waals surface area contributed by atoms with Crippen molar-refractivity contribution >= 4 is 5.91 Å². The fraction of sp³-hybridized carbons (Fsp3) is 0.882. The van der Waals surface area contributed by atoms with E-state index in [1.54, 1.807) is 0 Å². The molecule has 3 unspecified atom stereocenters. The van der Waals surface area contributed by atoms with E-state index in [-0.39, 0.29) is 0 Å². The minimum atomic E-state index is -0.417. The first-order valence-electron chi connectivity index (χ1n) is 8.43. The molecule has 0 aromatic heterocycles. The van der Waals surface area contributed by atoms with Crippen LogP contribution in [0.25, 0.3) is 0 Å². The zero-order chi connectivity index (χ0) is 15.0. The van der Waals surface area contributed by atoms with Crippen LogP contribution >= 0.6 is 0 Å². The summed E-state index contributed by atoms with van der Waals surface area (Å²) in [6, 6.07) is 2.35. The van der Waals surface area contributed by atoms with E-state index in [9.17, 15) is 10.1 Å². The van der Waals surface area contributed by atoms with Gasteiger partial charge in [-0.3, -0.25) is 9.69 Å². The van der Waals surface area contributed by atoms with Crippen molar-refractivity contribution in [3.8, 4) is 6.07 Å². The molecule has 4 nitrogen and oxygen atoms in total. The second-order valence-electron chi connectivity index (χ2n) is 7.68. The van der Waals surface area contributed by atoms with Crippen LogP contribution in [0.2, 0.25) is 0 Å². The minimum absolute atomic E-state index is 0.349. The van der Waals surface area contributed by atoms with Gasteiger partial charge in [0.25, 0.3) is 0 Å². The molecule has 0 radical (unpaired) electrons. The van der Waals surface area contributed by atoms with Crippen LogP contribution in [0.4, 0.5) is 0 Å². The fourth-order valence-electron chi connectivity index (χ4n) is 4.57. The Morgan fingerprint density at radius 3 is 2.43 bits per heavy atom. The second kappa shape index (κ2) is 5.61. The molecule has 0 aromatic carbocycles. The van der Waals surface area contributed by atoms with Gasteiger partial charge in [0.2, 0.25) is 5.91 Å². The van der Waals surface area contributed by atoms with E-state index in [2.05, 4.69) is 11.0 Å². The summed E-state index contributed by atoms with van der Waals surface area (Å²) < 4.78 is 0. The van der Waals surface area contributed by atoms with E-state index in [1.165, 1.54) is 25.7 Å². The van der Waals surface area contributed by atoms with Crippen LogP contribution in [-0.4, -0.2) is 47.4 Å². The van der Waals surface area contributed by atoms with Crippen molar-refractivity contribution in [1.82, 2.24) is 9.80 Å². The highest BCUT2D eigenvalue weighted by molar-refractivity contribution is 5.76. The van der Waals surface area contributed by atoms with Gasteiger partial charge in [0.05, 0.1) is 6.07 Å². The summed E-state index contributed by atoms with van der Waals surface area (Å²) in [5.74, 6) is 2.76. The number of fused-ring (bicyclic) bond motifs is 2. The standard InChI is InChI=1S/C17H27N3O/c1-17(2,12-18)20-7-5-19(6-8-20)16(21)11-15-10-13-3-4-14(15)9-13/h13-15H,3-11H2,1-2H3. The third-order valence-corrected chi connectivity index (χ3v) is 6.02. The topological polar surface area (TPSA) is 47.3 Å². The van der Waals surface area contributed by atoms with Crippen molar-refractivity contribution in [2.45, 2.75) is 51.5 Å². The van der Waals surface area contributed by atoms with E-state index in [1.807, 2.05) is 18.7 Å².